The molecule has 0 bridgehead atoms. The third kappa shape index (κ3) is 2.58. The van der Waals surface area contributed by atoms with E-state index in [0.29, 0.717) is 10.5 Å². The van der Waals surface area contributed by atoms with Crippen LogP contribution in [0, 0.1) is 6.92 Å². The van der Waals surface area contributed by atoms with Crippen LogP contribution in [0.15, 0.2) is 33.7 Å². The molecule has 0 saturated heterocycles. The lowest BCUT2D eigenvalue weighted by Gasteiger charge is -1.95. The van der Waals surface area contributed by atoms with E-state index in [-0.39, 0.29) is 5.91 Å². The molecule has 3 rings (SSSR count). The Balaban J connectivity index is 2.11. The number of hydrogen-bond acceptors (Lipinski definition) is 3. The largest absolute Gasteiger partial charge is 0.319 e. The molecule has 0 aliphatic rings. The Labute approximate surface area is 133 Å². The van der Waals surface area contributed by atoms with Crippen molar-refractivity contribution < 1.29 is 4.79 Å². The van der Waals surface area contributed by atoms with Gasteiger partial charge in [0.15, 0.2) is 10.5 Å². The Morgan fingerprint density at radius 3 is 2.76 bits per heavy atom. The predicted octanol–water partition coefficient (Wildman–Crippen LogP) is 2.79. The molecule has 1 aromatic carbocycles. The quantitative estimate of drug-likeness (QED) is 0.666. The van der Waals surface area contributed by atoms with Crippen molar-refractivity contribution in [2.75, 3.05) is 0 Å². The summed E-state index contributed by atoms with van der Waals surface area (Å²) in [5, 5.41) is 4.17. The summed E-state index contributed by atoms with van der Waals surface area (Å²) in [7, 11) is 3.71. The number of fused-ring (bicyclic) bond motifs is 1. The molecule has 0 unspecified atom stereocenters. The highest BCUT2D eigenvalue weighted by Gasteiger charge is 2.11. The molecule has 0 aliphatic carbocycles. The molecular formula is C14H13BrN4OS. The van der Waals surface area contributed by atoms with Crippen molar-refractivity contribution >= 4 is 43.4 Å². The number of benzene rings is 1. The van der Waals surface area contributed by atoms with Crippen LogP contribution >= 0.6 is 27.3 Å². The highest BCUT2D eigenvalue weighted by molar-refractivity contribution is 9.10. The molecule has 0 spiro atoms. The Morgan fingerprint density at radius 2 is 2.10 bits per heavy atom. The second-order valence-corrected chi connectivity index (χ2v) is 6.69. The normalized spacial score (nSPS) is 12.3. The number of amides is 1. The maximum atomic E-state index is 12.2. The molecule has 0 saturated carbocycles. The fraction of sp³-hybridized carbons (Fsp3) is 0.214. The first-order chi connectivity index (χ1) is 9.95. The van der Waals surface area contributed by atoms with Gasteiger partial charge in [0.2, 0.25) is 0 Å². The van der Waals surface area contributed by atoms with E-state index in [1.54, 1.807) is 10.7 Å². The summed E-state index contributed by atoms with van der Waals surface area (Å²) in [5.41, 5.74) is 2.35. The number of thiazole rings is 1. The van der Waals surface area contributed by atoms with Gasteiger partial charge in [-0.3, -0.25) is 9.48 Å². The summed E-state index contributed by atoms with van der Waals surface area (Å²) in [5.74, 6) is -0.320. The molecule has 0 aliphatic heterocycles. The standard InChI is InChI=1S/C14H13BrN4OS/c1-8-6-10(17-19(8)3)13(20)16-14-18(2)11-5-4-9(15)7-12(11)21-14/h4-7H,1-3H3. The minimum atomic E-state index is -0.320. The van der Waals surface area contributed by atoms with Gasteiger partial charge in [-0.25, -0.2) is 0 Å². The van der Waals surface area contributed by atoms with Gasteiger partial charge >= 0.3 is 0 Å². The van der Waals surface area contributed by atoms with Crippen LogP contribution in [0.1, 0.15) is 16.2 Å². The van der Waals surface area contributed by atoms with Crippen LogP contribution in [0.2, 0.25) is 0 Å². The number of rotatable bonds is 1. The van der Waals surface area contributed by atoms with Crippen LogP contribution in [0.5, 0.6) is 0 Å². The van der Waals surface area contributed by atoms with Crippen LogP contribution < -0.4 is 4.80 Å². The molecule has 2 heterocycles. The zero-order valence-electron chi connectivity index (χ0n) is 11.8. The van der Waals surface area contributed by atoms with Crippen molar-refractivity contribution in [3.05, 3.63) is 44.9 Å². The van der Waals surface area contributed by atoms with Crippen LogP contribution in [0.25, 0.3) is 10.2 Å². The minimum Gasteiger partial charge on any atom is -0.319 e. The highest BCUT2D eigenvalue weighted by Crippen LogP contribution is 2.21. The van der Waals surface area contributed by atoms with E-state index in [2.05, 4.69) is 26.0 Å². The Kier molecular flexibility index (Phi) is 3.54. The van der Waals surface area contributed by atoms with Crippen LogP contribution in [-0.4, -0.2) is 20.3 Å². The molecule has 21 heavy (non-hydrogen) atoms. The average molecular weight is 365 g/mol. The molecule has 0 fully saturated rings. The molecule has 0 radical (unpaired) electrons. The van der Waals surface area contributed by atoms with Gasteiger partial charge in [-0.15, -0.1) is 0 Å². The number of nitrogens with zero attached hydrogens (tertiary/aromatic N) is 4. The van der Waals surface area contributed by atoms with E-state index in [9.17, 15) is 4.79 Å². The lowest BCUT2D eigenvalue weighted by atomic mass is 10.3. The monoisotopic (exact) mass is 364 g/mol. The third-order valence-electron chi connectivity index (χ3n) is 3.30. The van der Waals surface area contributed by atoms with Gasteiger partial charge in [0.25, 0.3) is 5.91 Å². The van der Waals surface area contributed by atoms with Crippen molar-refractivity contribution in [2.45, 2.75) is 6.92 Å². The van der Waals surface area contributed by atoms with Crippen LogP contribution in [0.3, 0.4) is 0 Å². The van der Waals surface area contributed by atoms with E-state index >= 15 is 0 Å². The number of halogens is 1. The molecule has 2 aromatic heterocycles. The van der Waals surface area contributed by atoms with Gasteiger partial charge in [-0.2, -0.15) is 10.1 Å². The van der Waals surface area contributed by atoms with Crippen molar-refractivity contribution in [2.24, 2.45) is 19.1 Å². The number of hydrogen-bond donors (Lipinski definition) is 0. The van der Waals surface area contributed by atoms with Crippen LogP contribution in [-0.2, 0) is 14.1 Å². The number of aromatic nitrogens is 3. The first kappa shape index (κ1) is 14.2. The van der Waals surface area contributed by atoms with E-state index in [1.165, 1.54) is 11.3 Å². The molecule has 7 heteroatoms. The maximum Gasteiger partial charge on any atom is 0.300 e. The van der Waals surface area contributed by atoms with Crippen LogP contribution in [0.4, 0.5) is 0 Å². The molecule has 5 nitrogen and oxygen atoms in total. The number of carbonyl (C=O) groups excluding carboxylic acids is 1. The molecule has 0 N–H and O–H groups in total. The lowest BCUT2D eigenvalue weighted by Crippen LogP contribution is -2.13. The second-order valence-electron chi connectivity index (χ2n) is 4.77. The molecule has 0 atom stereocenters. The summed E-state index contributed by atoms with van der Waals surface area (Å²) < 4.78 is 5.68. The smallest absolute Gasteiger partial charge is 0.300 e. The Hall–Kier alpha value is -1.73. The SMILES string of the molecule is Cc1cc(C(=O)N=c2sc3cc(Br)ccc3n2C)nn1C. The Morgan fingerprint density at radius 1 is 1.33 bits per heavy atom. The van der Waals surface area contributed by atoms with Crippen molar-refractivity contribution in [3.63, 3.8) is 0 Å². The summed E-state index contributed by atoms with van der Waals surface area (Å²) in [6.45, 7) is 1.90. The van der Waals surface area contributed by atoms with Crippen molar-refractivity contribution in [1.29, 1.82) is 0 Å². The molecule has 3 aromatic rings. The van der Waals surface area contributed by atoms with E-state index < -0.39 is 0 Å². The van der Waals surface area contributed by atoms with Gasteiger partial charge < -0.3 is 4.57 Å². The van der Waals surface area contributed by atoms with Gasteiger partial charge in [0, 0.05) is 24.3 Å². The summed E-state index contributed by atoms with van der Waals surface area (Å²) in [4.78, 5) is 17.1. The van der Waals surface area contributed by atoms with Gasteiger partial charge in [-0.05, 0) is 31.2 Å². The third-order valence-corrected chi connectivity index (χ3v) is 4.89. The zero-order valence-corrected chi connectivity index (χ0v) is 14.2. The average Bonchev–Trinajstić information content (AvgIpc) is 2.91. The summed E-state index contributed by atoms with van der Waals surface area (Å²) >= 11 is 4.93. The van der Waals surface area contributed by atoms with Gasteiger partial charge in [0.1, 0.15) is 0 Å². The topological polar surface area (TPSA) is 52.2 Å². The first-order valence-corrected chi connectivity index (χ1v) is 7.91. The van der Waals surface area contributed by atoms with Gasteiger partial charge in [-0.1, -0.05) is 27.3 Å². The Bertz CT molecular complexity index is 899. The summed E-state index contributed by atoms with van der Waals surface area (Å²) in [6.07, 6.45) is 0. The first-order valence-electron chi connectivity index (χ1n) is 6.30. The fourth-order valence-electron chi connectivity index (χ4n) is 2.02. The summed E-state index contributed by atoms with van der Waals surface area (Å²) in [6, 6.07) is 7.75. The molecular weight excluding hydrogens is 352 g/mol. The van der Waals surface area contributed by atoms with E-state index in [0.717, 1.165) is 20.4 Å². The van der Waals surface area contributed by atoms with Gasteiger partial charge in [0.05, 0.1) is 10.2 Å². The van der Waals surface area contributed by atoms with Crippen molar-refractivity contribution in [1.82, 2.24) is 14.3 Å². The molecule has 1 amide bonds. The minimum absolute atomic E-state index is 0.320. The second kappa shape index (κ2) is 5.23. The zero-order chi connectivity index (χ0) is 15.1. The highest BCUT2D eigenvalue weighted by atomic mass is 79.9. The van der Waals surface area contributed by atoms with E-state index in [4.69, 9.17) is 0 Å². The molecule has 108 valence electrons. The van der Waals surface area contributed by atoms with Crippen molar-refractivity contribution in [3.8, 4) is 0 Å². The number of carbonyl (C=O) groups is 1. The van der Waals surface area contributed by atoms with E-state index in [1.807, 2.05) is 43.8 Å². The maximum absolute atomic E-state index is 12.2. The fourth-order valence-corrected chi connectivity index (χ4v) is 3.59. The number of aryl methyl sites for hydroxylation is 3. The predicted molar refractivity (Wildman–Crippen MR) is 86.3 cm³/mol. The lowest BCUT2D eigenvalue weighted by molar-refractivity contribution is 0.0992.